The summed E-state index contributed by atoms with van der Waals surface area (Å²) in [6.07, 6.45) is 2.00. The molecule has 2 nitrogen and oxygen atoms in total. The Kier molecular flexibility index (Phi) is 5.50. The second-order valence-corrected chi connectivity index (χ2v) is 7.43. The number of hydrogen-bond acceptors (Lipinski definition) is 2. The summed E-state index contributed by atoms with van der Waals surface area (Å²) in [6.45, 7) is 6.59. The van der Waals surface area contributed by atoms with E-state index in [0.29, 0.717) is 12.5 Å². The van der Waals surface area contributed by atoms with Crippen molar-refractivity contribution in [1.29, 1.82) is 0 Å². The zero-order chi connectivity index (χ0) is 18.0. The summed E-state index contributed by atoms with van der Waals surface area (Å²) < 4.78 is 26.5. The van der Waals surface area contributed by atoms with Gasteiger partial charge in [0.2, 0.25) is 0 Å². The number of nitrogens with zero attached hydrogens (tertiary/aromatic N) is 1. The zero-order valence-corrected chi connectivity index (χ0v) is 14.9. The average Bonchev–Trinajstić information content (AvgIpc) is 2.54. The molecule has 1 aliphatic heterocycles. The molecule has 2 unspecified atom stereocenters. The Bertz CT molecular complexity index is 683. The van der Waals surface area contributed by atoms with Crippen LogP contribution in [0.1, 0.15) is 28.7 Å². The van der Waals surface area contributed by atoms with Crippen LogP contribution >= 0.6 is 0 Å². The molecule has 25 heavy (non-hydrogen) atoms. The van der Waals surface area contributed by atoms with Gasteiger partial charge < -0.3 is 5.73 Å². The zero-order valence-electron chi connectivity index (χ0n) is 14.9. The predicted octanol–water partition coefficient (Wildman–Crippen LogP) is 3.97. The molecule has 0 aromatic heterocycles. The van der Waals surface area contributed by atoms with Crippen molar-refractivity contribution in [3.8, 4) is 0 Å². The van der Waals surface area contributed by atoms with Gasteiger partial charge in [-0.05, 0) is 67.0 Å². The fourth-order valence-electron chi connectivity index (χ4n) is 3.79. The average molecular weight is 344 g/mol. The van der Waals surface area contributed by atoms with Gasteiger partial charge in [-0.15, -0.1) is 0 Å². The highest BCUT2D eigenvalue weighted by Gasteiger charge is 2.25. The maximum atomic E-state index is 13.4. The van der Waals surface area contributed by atoms with Crippen LogP contribution in [0.5, 0.6) is 0 Å². The van der Waals surface area contributed by atoms with Crippen LogP contribution in [0.15, 0.2) is 36.4 Å². The van der Waals surface area contributed by atoms with E-state index in [1.807, 2.05) is 0 Å². The Morgan fingerprint density at radius 3 is 2.44 bits per heavy atom. The Morgan fingerprint density at radius 1 is 0.960 bits per heavy atom. The lowest BCUT2D eigenvalue weighted by molar-refractivity contribution is 0.149. The van der Waals surface area contributed by atoms with Crippen molar-refractivity contribution in [3.63, 3.8) is 0 Å². The van der Waals surface area contributed by atoms with Crippen LogP contribution in [0.25, 0.3) is 0 Å². The van der Waals surface area contributed by atoms with Crippen molar-refractivity contribution >= 4 is 0 Å². The van der Waals surface area contributed by atoms with Crippen LogP contribution in [-0.2, 0) is 13.0 Å². The lowest BCUT2D eigenvalue weighted by Gasteiger charge is -2.36. The van der Waals surface area contributed by atoms with E-state index in [1.165, 1.54) is 28.8 Å². The number of aryl methyl sites for hydroxylation is 2. The van der Waals surface area contributed by atoms with Gasteiger partial charge in [0.05, 0.1) is 0 Å². The largest absolute Gasteiger partial charge is 0.327 e. The minimum atomic E-state index is -0.799. The van der Waals surface area contributed by atoms with Crippen molar-refractivity contribution in [2.75, 3.05) is 13.1 Å². The number of halogens is 2. The van der Waals surface area contributed by atoms with E-state index in [-0.39, 0.29) is 6.04 Å². The van der Waals surface area contributed by atoms with Gasteiger partial charge in [-0.2, -0.15) is 0 Å². The Morgan fingerprint density at radius 2 is 1.72 bits per heavy atom. The summed E-state index contributed by atoms with van der Waals surface area (Å²) >= 11 is 0. The molecule has 0 amide bonds. The van der Waals surface area contributed by atoms with Crippen LogP contribution in [0.4, 0.5) is 8.78 Å². The standard InChI is InChI=1S/C21H26F2N2/c1-14-3-4-16(7-15(14)2)8-18-9-19(24)13-25(12-18)11-17-5-6-20(22)21(23)10-17/h3-7,10,18-19H,8-9,11-13,24H2,1-2H3. The maximum Gasteiger partial charge on any atom is 0.159 e. The van der Waals surface area contributed by atoms with Gasteiger partial charge in [-0.3, -0.25) is 4.90 Å². The summed E-state index contributed by atoms with van der Waals surface area (Å²) in [5.74, 6) is -1.10. The van der Waals surface area contributed by atoms with Gasteiger partial charge in [0.1, 0.15) is 0 Å². The van der Waals surface area contributed by atoms with E-state index in [1.54, 1.807) is 6.07 Å². The van der Waals surface area contributed by atoms with Crippen LogP contribution < -0.4 is 5.73 Å². The molecule has 2 atom stereocenters. The number of likely N-dealkylation sites (tertiary alicyclic amines) is 1. The van der Waals surface area contributed by atoms with Gasteiger partial charge in [0.15, 0.2) is 11.6 Å². The molecular formula is C21H26F2N2. The third-order valence-electron chi connectivity index (χ3n) is 5.13. The van der Waals surface area contributed by atoms with Crippen LogP contribution in [0, 0.1) is 31.4 Å². The number of rotatable bonds is 4. The first-order valence-corrected chi connectivity index (χ1v) is 8.88. The van der Waals surface area contributed by atoms with Gasteiger partial charge in [0.25, 0.3) is 0 Å². The van der Waals surface area contributed by atoms with E-state index in [2.05, 4.69) is 36.9 Å². The van der Waals surface area contributed by atoms with E-state index >= 15 is 0 Å². The molecule has 1 fully saturated rings. The lowest BCUT2D eigenvalue weighted by atomic mass is 9.88. The third kappa shape index (κ3) is 4.65. The first-order valence-electron chi connectivity index (χ1n) is 8.88. The first kappa shape index (κ1) is 18.0. The smallest absolute Gasteiger partial charge is 0.159 e. The quantitative estimate of drug-likeness (QED) is 0.909. The molecule has 1 saturated heterocycles. The summed E-state index contributed by atoms with van der Waals surface area (Å²) in [5, 5.41) is 0. The highest BCUT2D eigenvalue weighted by molar-refractivity contribution is 5.30. The van der Waals surface area contributed by atoms with Crippen molar-refractivity contribution in [3.05, 3.63) is 70.3 Å². The van der Waals surface area contributed by atoms with Crippen LogP contribution in [0.2, 0.25) is 0 Å². The summed E-state index contributed by atoms with van der Waals surface area (Å²) in [6, 6.07) is 10.9. The van der Waals surface area contributed by atoms with E-state index < -0.39 is 11.6 Å². The number of nitrogens with two attached hydrogens (primary N) is 1. The molecule has 4 heteroatoms. The highest BCUT2D eigenvalue weighted by atomic mass is 19.2. The molecule has 0 spiro atoms. The molecule has 0 saturated carbocycles. The second kappa shape index (κ2) is 7.63. The van der Waals surface area contributed by atoms with Crippen LogP contribution in [-0.4, -0.2) is 24.0 Å². The van der Waals surface area contributed by atoms with Gasteiger partial charge >= 0.3 is 0 Å². The minimum Gasteiger partial charge on any atom is -0.327 e. The van der Waals surface area contributed by atoms with Gasteiger partial charge in [-0.25, -0.2) is 8.78 Å². The molecule has 1 aliphatic rings. The molecule has 0 radical (unpaired) electrons. The summed E-state index contributed by atoms with van der Waals surface area (Å²) in [4.78, 5) is 2.26. The number of benzene rings is 2. The summed E-state index contributed by atoms with van der Waals surface area (Å²) in [5.41, 5.74) is 11.0. The monoisotopic (exact) mass is 344 g/mol. The van der Waals surface area contributed by atoms with E-state index in [0.717, 1.165) is 31.5 Å². The van der Waals surface area contributed by atoms with E-state index in [9.17, 15) is 8.78 Å². The number of hydrogen-bond donors (Lipinski definition) is 1. The first-order chi connectivity index (χ1) is 11.9. The molecule has 2 aromatic carbocycles. The van der Waals surface area contributed by atoms with Crippen LogP contribution in [0.3, 0.4) is 0 Å². The number of piperidine rings is 1. The molecular weight excluding hydrogens is 318 g/mol. The SMILES string of the molecule is Cc1ccc(CC2CC(N)CN(Cc3ccc(F)c(F)c3)C2)cc1C. The second-order valence-electron chi connectivity index (χ2n) is 7.43. The Labute approximate surface area is 148 Å². The van der Waals surface area contributed by atoms with Gasteiger partial charge in [-0.1, -0.05) is 24.3 Å². The fraction of sp³-hybridized carbons (Fsp3) is 0.429. The van der Waals surface area contributed by atoms with Crippen molar-refractivity contribution in [2.24, 2.45) is 11.7 Å². The predicted molar refractivity (Wildman–Crippen MR) is 97.3 cm³/mol. The Balaban J connectivity index is 1.66. The third-order valence-corrected chi connectivity index (χ3v) is 5.13. The Hall–Kier alpha value is -1.78. The van der Waals surface area contributed by atoms with Gasteiger partial charge in [0, 0.05) is 25.7 Å². The molecule has 134 valence electrons. The van der Waals surface area contributed by atoms with Crippen molar-refractivity contribution < 1.29 is 8.78 Å². The highest BCUT2D eigenvalue weighted by Crippen LogP contribution is 2.23. The molecule has 0 bridgehead atoms. The summed E-state index contributed by atoms with van der Waals surface area (Å²) in [7, 11) is 0. The molecule has 0 aliphatic carbocycles. The van der Waals surface area contributed by atoms with Crippen molar-refractivity contribution in [1.82, 2.24) is 4.90 Å². The molecule has 2 N–H and O–H groups in total. The molecule has 2 aromatic rings. The fourth-order valence-corrected chi connectivity index (χ4v) is 3.79. The lowest BCUT2D eigenvalue weighted by Crippen LogP contribution is -2.47. The minimum absolute atomic E-state index is 0.121. The van der Waals surface area contributed by atoms with Crippen molar-refractivity contribution in [2.45, 2.75) is 39.3 Å². The normalized spacial score (nSPS) is 21.5. The van der Waals surface area contributed by atoms with E-state index in [4.69, 9.17) is 5.73 Å². The maximum absolute atomic E-state index is 13.4. The molecule has 3 rings (SSSR count). The topological polar surface area (TPSA) is 29.3 Å². The molecule has 1 heterocycles.